The van der Waals surface area contributed by atoms with E-state index in [0.29, 0.717) is 13.1 Å². The van der Waals surface area contributed by atoms with Crippen molar-refractivity contribution in [3.8, 4) is 0 Å². The third kappa shape index (κ3) is 2.45. The van der Waals surface area contributed by atoms with Crippen LogP contribution in [0.4, 0.5) is 0 Å². The van der Waals surface area contributed by atoms with Gasteiger partial charge in [-0.2, -0.15) is 0 Å². The standard InChI is InChI=1S/C9H15NO4/c1-9(2)4-10(5-9)6(8(13)14)3-7(11)12/h6H,3-5H2,1-2H3,(H,11,12)(H,13,14). The van der Waals surface area contributed by atoms with Gasteiger partial charge in [-0.05, 0) is 5.41 Å². The van der Waals surface area contributed by atoms with E-state index in [2.05, 4.69) is 0 Å². The molecule has 0 bridgehead atoms. The first kappa shape index (κ1) is 11.0. The molecule has 1 fully saturated rings. The van der Waals surface area contributed by atoms with Crippen molar-refractivity contribution in [1.29, 1.82) is 0 Å². The highest BCUT2D eigenvalue weighted by Gasteiger charge is 2.41. The molecule has 0 aromatic heterocycles. The molecule has 0 aliphatic carbocycles. The van der Waals surface area contributed by atoms with Crippen LogP contribution in [0.5, 0.6) is 0 Å². The zero-order chi connectivity index (χ0) is 10.9. The van der Waals surface area contributed by atoms with Crippen LogP contribution < -0.4 is 0 Å². The van der Waals surface area contributed by atoms with Crippen LogP contribution >= 0.6 is 0 Å². The molecule has 5 nitrogen and oxygen atoms in total. The predicted octanol–water partition coefficient (Wildman–Crippen LogP) is 0.256. The van der Waals surface area contributed by atoms with E-state index >= 15 is 0 Å². The summed E-state index contributed by atoms with van der Waals surface area (Å²) >= 11 is 0. The SMILES string of the molecule is CC1(C)CN(C(CC(=O)O)C(=O)O)C1. The molecule has 80 valence electrons. The third-order valence-electron chi connectivity index (χ3n) is 2.36. The number of aliphatic carboxylic acids is 2. The fourth-order valence-electron chi connectivity index (χ4n) is 1.81. The van der Waals surface area contributed by atoms with Crippen LogP contribution in [-0.4, -0.2) is 46.2 Å². The minimum Gasteiger partial charge on any atom is -0.481 e. The van der Waals surface area contributed by atoms with Crippen molar-refractivity contribution >= 4 is 11.9 Å². The zero-order valence-electron chi connectivity index (χ0n) is 8.36. The Labute approximate surface area is 82.3 Å². The maximum atomic E-state index is 10.8. The van der Waals surface area contributed by atoms with Crippen LogP contribution in [0.25, 0.3) is 0 Å². The average molecular weight is 201 g/mol. The molecule has 1 saturated heterocycles. The summed E-state index contributed by atoms with van der Waals surface area (Å²) in [6.07, 6.45) is -0.328. The maximum absolute atomic E-state index is 10.8. The van der Waals surface area contributed by atoms with Gasteiger partial charge in [0.15, 0.2) is 0 Å². The molecule has 0 spiro atoms. The first-order valence-corrected chi connectivity index (χ1v) is 4.50. The highest BCUT2D eigenvalue weighted by atomic mass is 16.4. The molecule has 0 amide bonds. The Morgan fingerprint density at radius 2 is 1.86 bits per heavy atom. The monoisotopic (exact) mass is 201 g/mol. The maximum Gasteiger partial charge on any atom is 0.321 e. The Morgan fingerprint density at radius 3 is 2.14 bits per heavy atom. The van der Waals surface area contributed by atoms with Crippen molar-refractivity contribution in [2.24, 2.45) is 5.41 Å². The highest BCUT2D eigenvalue weighted by Crippen LogP contribution is 2.31. The molecule has 1 unspecified atom stereocenters. The first-order valence-electron chi connectivity index (χ1n) is 4.50. The Hall–Kier alpha value is -1.10. The number of hydrogen-bond acceptors (Lipinski definition) is 3. The number of likely N-dealkylation sites (tertiary alicyclic amines) is 1. The van der Waals surface area contributed by atoms with E-state index in [1.807, 2.05) is 13.8 Å². The van der Waals surface area contributed by atoms with Gasteiger partial charge in [0.05, 0.1) is 6.42 Å². The van der Waals surface area contributed by atoms with Crippen molar-refractivity contribution in [1.82, 2.24) is 4.90 Å². The van der Waals surface area contributed by atoms with Gasteiger partial charge in [-0.25, -0.2) is 0 Å². The Bertz CT molecular complexity index is 254. The molecule has 1 rings (SSSR count). The quantitative estimate of drug-likeness (QED) is 0.682. The van der Waals surface area contributed by atoms with Gasteiger partial charge < -0.3 is 10.2 Å². The van der Waals surface area contributed by atoms with Gasteiger partial charge in [-0.1, -0.05) is 13.8 Å². The normalized spacial score (nSPS) is 22.4. The van der Waals surface area contributed by atoms with Gasteiger partial charge in [0.1, 0.15) is 6.04 Å². The molecule has 1 atom stereocenters. The van der Waals surface area contributed by atoms with Gasteiger partial charge in [-0.3, -0.25) is 14.5 Å². The number of hydrogen-bond donors (Lipinski definition) is 2. The van der Waals surface area contributed by atoms with E-state index in [0.717, 1.165) is 0 Å². The van der Waals surface area contributed by atoms with Crippen LogP contribution in [0.15, 0.2) is 0 Å². The van der Waals surface area contributed by atoms with Gasteiger partial charge in [-0.15, -0.1) is 0 Å². The molecule has 1 heterocycles. The number of carboxylic acid groups (broad SMARTS) is 2. The number of nitrogens with zero attached hydrogens (tertiary/aromatic N) is 1. The summed E-state index contributed by atoms with van der Waals surface area (Å²) in [5.74, 6) is -2.12. The second-order valence-corrected chi connectivity index (χ2v) is 4.52. The molecular formula is C9H15NO4. The van der Waals surface area contributed by atoms with E-state index in [-0.39, 0.29) is 11.8 Å². The van der Waals surface area contributed by atoms with Crippen LogP contribution in [0, 0.1) is 5.41 Å². The van der Waals surface area contributed by atoms with Gasteiger partial charge >= 0.3 is 11.9 Å². The fourth-order valence-corrected chi connectivity index (χ4v) is 1.81. The smallest absolute Gasteiger partial charge is 0.321 e. The highest BCUT2D eigenvalue weighted by molar-refractivity contribution is 5.80. The molecular weight excluding hydrogens is 186 g/mol. The topological polar surface area (TPSA) is 77.8 Å². The lowest BCUT2D eigenvalue weighted by molar-refractivity contribution is -0.154. The van der Waals surface area contributed by atoms with Gasteiger partial charge in [0.25, 0.3) is 0 Å². The molecule has 2 N–H and O–H groups in total. The lowest BCUT2D eigenvalue weighted by Gasteiger charge is -2.48. The van der Waals surface area contributed by atoms with E-state index in [1.165, 1.54) is 0 Å². The molecule has 0 saturated carbocycles. The van der Waals surface area contributed by atoms with E-state index in [4.69, 9.17) is 10.2 Å². The van der Waals surface area contributed by atoms with Crippen molar-refractivity contribution in [3.63, 3.8) is 0 Å². The summed E-state index contributed by atoms with van der Waals surface area (Å²) in [5, 5.41) is 17.4. The summed E-state index contributed by atoms with van der Waals surface area (Å²) in [6.45, 7) is 5.36. The van der Waals surface area contributed by atoms with Crippen molar-refractivity contribution in [3.05, 3.63) is 0 Å². The average Bonchev–Trinajstić information content (AvgIpc) is 1.94. The second-order valence-electron chi connectivity index (χ2n) is 4.52. The van der Waals surface area contributed by atoms with Crippen molar-refractivity contribution in [2.75, 3.05) is 13.1 Å². The predicted molar refractivity (Wildman–Crippen MR) is 49.0 cm³/mol. The first-order chi connectivity index (χ1) is 6.32. The van der Waals surface area contributed by atoms with E-state index in [9.17, 15) is 9.59 Å². The molecule has 5 heteroatoms. The molecule has 1 aliphatic rings. The van der Waals surface area contributed by atoms with E-state index in [1.54, 1.807) is 4.90 Å². The minimum absolute atomic E-state index is 0.117. The molecule has 0 radical (unpaired) electrons. The second kappa shape index (κ2) is 3.57. The summed E-state index contributed by atoms with van der Waals surface area (Å²) in [7, 11) is 0. The summed E-state index contributed by atoms with van der Waals surface area (Å²) in [5.41, 5.74) is 0.117. The third-order valence-corrected chi connectivity index (χ3v) is 2.36. The molecule has 0 aromatic carbocycles. The number of carboxylic acids is 2. The lowest BCUT2D eigenvalue weighted by Crippen LogP contribution is -2.59. The fraction of sp³-hybridized carbons (Fsp3) is 0.778. The van der Waals surface area contributed by atoms with Crippen molar-refractivity contribution in [2.45, 2.75) is 26.3 Å². The number of carbonyl (C=O) groups is 2. The molecule has 0 aromatic rings. The minimum atomic E-state index is -1.07. The van der Waals surface area contributed by atoms with Crippen molar-refractivity contribution < 1.29 is 19.8 Å². The van der Waals surface area contributed by atoms with Gasteiger partial charge in [0, 0.05) is 13.1 Å². The number of rotatable bonds is 4. The van der Waals surface area contributed by atoms with Crippen LogP contribution in [0.1, 0.15) is 20.3 Å². The zero-order valence-corrected chi connectivity index (χ0v) is 8.36. The molecule has 14 heavy (non-hydrogen) atoms. The Balaban J connectivity index is 2.54. The largest absolute Gasteiger partial charge is 0.481 e. The van der Waals surface area contributed by atoms with Gasteiger partial charge in [0.2, 0.25) is 0 Å². The summed E-state index contributed by atoms with van der Waals surface area (Å²) in [4.78, 5) is 22.9. The van der Waals surface area contributed by atoms with Crippen LogP contribution in [-0.2, 0) is 9.59 Å². The molecule has 1 aliphatic heterocycles. The van der Waals surface area contributed by atoms with Crippen LogP contribution in [0.2, 0.25) is 0 Å². The Morgan fingerprint density at radius 1 is 1.36 bits per heavy atom. The lowest BCUT2D eigenvalue weighted by atomic mass is 9.83. The summed E-state index contributed by atoms with van der Waals surface area (Å²) < 4.78 is 0. The van der Waals surface area contributed by atoms with Crippen LogP contribution in [0.3, 0.4) is 0 Å². The summed E-state index contributed by atoms with van der Waals surface area (Å²) in [6, 6.07) is -0.875. The van der Waals surface area contributed by atoms with E-state index < -0.39 is 18.0 Å². The Kier molecular flexibility index (Phi) is 2.80.